The third kappa shape index (κ3) is 2.12. The second-order valence-corrected chi connectivity index (χ2v) is 6.70. The van der Waals surface area contributed by atoms with Gasteiger partial charge in [-0.05, 0) is 55.4 Å². The molecule has 1 atom stereocenters. The summed E-state index contributed by atoms with van der Waals surface area (Å²) < 4.78 is 5.80. The standard InChI is InChI=1S/C21H23NO/c1-3-4-6-16-9-11-21(15(16)2)12-10-17-7-5-8-18(19(17)21)20-22-13-14-23-20/h3-8H,1,9-14H2,2H3/b6-4-. The van der Waals surface area contributed by atoms with E-state index in [1.807, 2.05) is 6.08 Å². The SMILES string of the molecule is C=C/C=C\C1=C(C)C2(CC1)CCc1cccc(C3=NCCO3)c12. The van der Waals surface area contributed by atoms with Crippen molar-refractivity contribution in [2.75, 3.05) is 13.2 Å². The third-order valence-electron chi connectivity index (χ3n) is 5.72. The van der Waals surface area contributed by atoms with Crippen molar-refractivity contribution in [2.45, 2.75) is 38.0 Å². The topological polar surface area (TPSA) is 21.6 Å². The first-order valence-corrected chi connectivity index (χ1v) is 8.55. The third-order valence-corrected chi connectivity index (χ3v) is 5.72. The van der Waals surface area contributed by atoms with E-state index in [4.69, 9.17) is 4.74 Å². The molecule has 0 saturated heterocycles. The van der Waals surface area contributed by atoms with Gasteiger partial charge in [-0.1, -0.05) is 42.5 Å². The minimum absolute atomic E-state index is 0.182. The van der Waals surface area contributed by atoms with Crippen molar-refractivity contribution in [3.05, 3.63) is 70.8 Å². The molecule has 23 heavy (non-hydrogen) atoms. The Kier molecular flexibility index (Phi) is 3.48. The fourth-order valence-electron chi connectivity index (χ4n) is 4.57. The van der Waals surface area contributed by atoms with Crippen LogP contribution in [0.2, 0.25) is 0 Å². The first kappa shape index (κ1) is 14.5. The van der Waals surface area contributed by atoms with Crippen molar-refractivity contribution in [3.8, 4) is 0 Å². The number of ether oxygens (including phenoxy) is 1. The van der Waals surface area contributed by atoms with Gasteiger partial charge in [0.1, 0.15) is 6.61 Å². The molecule has 0 bridgehead atoms. The Morgan fingerprint density at radius 2 is 2.13 bits per heavy atom. The first-order valence-electron chi connectivity index (χ1n) is 8.55. The fourth-order valence-corrected chi connectivity index (χ4v) is 4.57. The van der Waals surface area contributed by atoms with Crippen LogP contribution in [0, 0.1) is 0 Å². The van der Waals surface area contributed by atoms with Crippen LogP contribution in [0.15, 0.2) is 59.1 Å². The molecule has 1 aromatic carbocycles. The first-order chi connectivity index (χ1) is 11.3. The lowest BCUT2D eigenvalue weighted by atomic mass is 9.74. The quantitative estimate of drug-likeness (QED) is 0.753. The van der Waals surface area contributed by atoms with E-state index in [-0.39, 0.29) is 5.41 Å². The van der Waals surface area contributed by atoms with Crippen LogP contribution in [0.3, 0.4) is 0 Å². The van der Waals surface area contributed by atoms with Crippen LogP contribution in [-0.2, 0) is 16.6 Å². The molecule has 0 N–H and O–H groups in total. The average Bonchev–Trinajstić information content (AvgIpc) is 3.29. The molecular formula is C21H23NO. The molecule has 2 heteroatoms. The number of aliphatic imine (C=N–C) groups is 1. The Hall–Kier alpha value is -2.09. The van der Waals surface area contributed by atoms with Gasteiger partial charge >= 0.3 is 0 Å². The van der Waals surface area contributed by atoms with Crippen molar-refractivity contribution < 1.29 is 4.74 Å². The molecule has 1 aromatic rings. The van der Waals surface area contributed by atoms with Crippen molar-refractivity contribution in [3.63, 3.8) is 0 Å². The normalized spacial score (nSPS) is 26.0. The summed E-state index contributed by atoms with van der Waals surface area (Å²) in [6.07, 6.45) is 10.9. The van der Waals surface area contributed by atoms with Crippen LogP contribution in [-0.4, -0.2) is 19.0 Å². The highest BCUT2D eigenvalue weighted by Gasteiger charge is 2.46. The molecule has 0 amide bonds. The number of allylic oxidation sites excluding steroid dienone is 5. The van der Waals surface area contributed by atoms with Crippen molar-refractivity contribution >= 4 is 5.90 Å². The summed E-state index contributed by atoms with van der Waals surface area (Å²) in [7, 11) is 0. The highest BCUT2D eigenvalue weighted by molar-refractivity contribution is 5.97. The van der Waals surface area contributed by atoms with Crippen LogP contribution in [0.4, 0.5) is 0 Å². The molecule has 118 valence electrons. The van der Waals surface area contributed by atoms with E-state index in [9.17, 15) is 0 Å². The number of rotatable bonds is 3. The molecule has 2 nitrogen and oxygen atoms in total. The van der Waals surface area contributed by atoms with Crippen molar-refractivity contribution in [2.24, 2.45) is 4.99 Å². The van der Waals surface area contributed by atoms with E-state index in [2.05, 4.69) is 48.8 Å². The molecule has 2 aliphatic carbocycles. The Morgan fingerprint density at radius 3 is 2.91 bits per heavy atom. The van der Waals surface area contributed by atoms with E-state index >= 15 is 0 Å². The van der Waals surface area contributed by atoms with Gasteiger partial charge in [0.25, 0.3) is 0 Å². The smallest absolute Gasteiger partial charge is 0.216 e. The molecule has 1 unspecified atom stereocenters. The highest BCUT2D eigenvalue weighted by Crippen LogP contribution is 2.54. The van der Waals surface area contributed by atoms with Gasteiger partial charge in [0, 0.05) is 11.0 Å². The number of fused-ring (bicyclic) bond motifs is 2. The van der Waals surface area contributed by atoms with E-state index in [1.54, 1.807) is 0 Å². The Balaban J connectivity index is 1.86. The molecule has 3 aliphatic rings. The van der Waals surface area contributed by atoms with Gasteiger partial charge in [-0.3, -0.25) is 0 Å². The maximum atomic E-state index is 5.80. The predicted octanol–water partition coefficient (Wildman–Crippen LogP) is 4.50. The Bertz CT molecular complexity index is 753. The number of benzene rings is 1. The van der Waals surface area contributed by atoms with Gasteiger partial charge in [0.2, 0.25) is 5.90 Å². The zero-order valence-electron chi connectivity index (χ0n) is 13.8. The monoisotopic (exact) mass is 305 g/mol. The molecule has 4 rings (SSSR count). The minimum atomic E-state index is 0.182. The van der Waals surface area contributed by atoms with E-state index < -0.39 is 0 Å². The van der Waals surface area contributed by atoms with Gasteiger partial charge in [-0.25, -0.2) is 4.99 Å². The lowest BCUT2D eigenvalue weighted by Crippen LogP contribution is -2.24. The average molecular weight is 305 g/mol. The van der Waals surface area contributed by atoms with Gasteiger partial charge in [-0.2, -0.15) is 0 Å². The summed E-state index contributed by atoms with van der Waals surface area (Å²) in [5.41, 5.74) is 7.38. The molecular weight excluding hydrogens is 282 g/mol. The van der Waals surface area contributed by atoms with Crippen LogP contribution >= 0.6 is 0 Å². The summed E-state index contributed by atoms with van der Waals surface area (Å²) in [6, 6.07) is 6.64. The van der Waals surface area contributed by atoms with Crippen LogP contribution in [0.5, 0.6) is 0 Å². The molecule has 0 aromatic heterocycles. The number of nitrogens with zero attached hydrogens (tertiary/aromatic N) is 1. The van der Waals surface area contributed by atoms with E-state index in [1.165, 1.54) is 40.7 Å². The zero-order chi connectivity index (χ0) is 15.9. The van der Waals surface area contributed by atoms with E-state index in [0.717, 1.165) is 25.3 Å². The fraction of sp³-hybridized carbons (Fsp3) is 0.381. The number of aryl methyl sites for hydroxylation is 1. The Morgan fingerprint density at radius 1 is 1.26 bits per heavy atom. The maximum Gasteiger partial charge on any atom is 0.216 e. The minimum Gasteiger partial charge on any atom is -0.476 e. The maximum absolute atomic E-state index is 5.80. The van der Waals surface area contributed by atoms with Crippen LogP contribution < -0.4 is 0 Å². The largest absolute Gasteiger partial charge is 0.476 e. The Labute approximate surface area is 138 Å². The summed E-state index contributed by atoms with van der Waals surface area (Å²) in [4.78, 5) is 4.58. The number of hydrogen-bond donors (Lipinski definition) is 0. The summed E-state index contributed by atoms with van der Waals surface area (Å²) in [6.45, 7) is 7.62. The van der Waals surface area contributed by atoms with Crippen molar-refractivity contribution in [1.82, 2.24) is 0 Å². The molecule has 1 aliphatic heterocycles. The summed E-state index contributed by atoms with van der Waals surface area (Å²) >= 11 is 0. The van der Waals surface area contributed by atoms with Gasteiger partial charge < -0.3 is 4.74 Å². The predicted molar refractivity (Wildman–Crippen MR) is 95.1 cm³/mol. The molecule has 1 heterocycles. The summed E-state index contributed by atoms with van der Waals surface area (Å²) in [5.74, 6) is 0.853. The van der Waals surface area contributed by atoms with E-state index in [0.29, 0.717) is 6.61 Å². The second-order valence-electron chi connectivity index (χ2n) is 6.70. The van der Waals surface area contributed by atoms with Crippen molar-refractivity contribution in [1.29, 1.82) is 0 Å². The molecule has 0 saturated carbocycles. The molecule has 0 radical (unpaired) electrons. The lowest BCUT2D eigenvalue weighted by Gasteiger charge is -2.29. The zero-order valence-corrected chi connectivity index (χ0v) is 13.8. The molecule has 1 spiro atoms. The second kappa shape index (κ2) is 5.52. The van der Waals surface area contributed by atoms with Crippen LogP contribution in [0.25, 0.3) is 0 Å². The lowest BCUT2D eigenvalue weighted by molar-refractivity contribution is 0.347. The van der Waals surface area contributed by atoms with Crippen LogP contribution in [0.1, 0.15) is 42.9 Å². The number of hydrogen-bond acceptors (Lipinski definition) is 2. The molecule has 0 fully saturated rings. The highest BCUT2D eigenvalue weighted by atomic mass is 16.5. The van der Waals surface area contributed by atoms with Gasteiger partial charge in [-0.15, -0.1) is 0 Å². The van der Waals surface area contributed by atoms with Gasteiger partial charge in [0.15, 0.2) is 0 Å². The summed E-state index contributed by atoms with van der Waals surface area (Å²) in [5, 5.41) is 0. The van der Waals surface area contributed by atoms with Gasteiger partial charge in [0.05, 0.1) is 6.54 Å².